The summed E-state index contributed by atoms with van der Waals surface area (Å²) in [6.45, 7) is 12.2. The zero-order chi connectivity index (χ0) is 43.0. The Bertz CT molecular complexity index is 1280. The molecular weight excluding hydrogens is 745 g/mol. The second kappa shape index (κ2) is 33.1. The van der Waals surface area contributed by atoms with Gasteiger partial charge in [-0.05, 0) is 134 Å². The Morgan fingerprint density at radius 3 is 1.10 bits per heavy atom. The molecule has 3 heteroatoms. The summed E-state index contributed by atoms with van der Waals surface area (Å²) in [4.78, 5) is 0. The number of unbranched alkanes of at least 4 members (excludes halogenated alkanes) is 16. The molecule has 2 aliphatic carbocycles. The Balaban J connectivity index is 1.38. The fourth-order valence-electron chi connectivity index (χ4n) is 10.3. The molecule has 2 aromatic rings. The largest absolute Gasteiger partial charge is 0.494 e. The number of rotatable bonds is 34. The maximum atomic E-state index is 6.55. The molecule has 0 N–H and O–H groups in total. The molecule has 0 atom stereocenters. The van der Waals surface area contributed by atoms with Gasteiger partial charge in [-0.2, -0.15) is 0 Å². The zero-order valence-electron chi connectivity index (χ0n) is 40.3. The van der Waals surface area contributed by atoms with E-state index in [1.54, 1.807) is 0 Å². The van der Waals surface area contributed by atoms with Gasteiger partial charge < -0.3 is 14.2 Å². The van der Waals surface area contributed by atoms with Gasteiger partial charge in [-0.3, -0.25) is 0 Å². The molecule has 0 unspecified atom stereocenters. The standard InChI is InChI=1S/C58H94O3/c1-5-9-13-15-17-19-23-45-60-55-39-35-53(36-40-55)57(51-31-27-49(28-32-51)25-21-11-7-3)43-47-59-48-44-58(52-33-29-50(30-34-52)26-22-12-8-4)54-37-41-56(42-38-54)61-46-24-20-18-16-14-10-6-2/h35-44,49-52H,5-34,45-48H2,1-4H3/t49-,50-,51-,52-. The van der Waals surface area contributed by atoms with Crippen LogP contribution < -0.4 is 9.47 Å². The summed E-state index contributed by atoms with van der Waals surface area (Å²) in [5.41, 5.74) is 5.68. The van der Waals surface area contributed by atoms with E-state index in [2.05, 4.69) is 88.4 Å². The van der Waals surface area contributed by atoms with Crippen LogP contribution in [0.2, 0.25) is 0 Å². The average molecular weight is 839 g/mol. The van der Waals surface area contributed by atoms with Gasteiger partial charge in [0, 0.05) is 0 Å². The lowest BCUT2D eigenvalue weighted by Gasteiger charge is -2.31. The number of hydrogen-bond acceptors (Lipinski definition) is 3. The molecule has 0 bridgehead atoms. The van der Waals surface area contributed by atoms with E-state index in [1.165, 1.54) is 202 Å². The molecule has 0 radical (unpaired) electrons. The number of ether oxygens (including phenoxy) is 3. The molecule has 0 aromatic heterocycles. The summed E-state index contributed by atoms with van der Waals surface area (Å²) in [6, 6.07) is 18.1. The minimum absolute atomic E-state index is 0.607. The van der Waals surface area contributed by atoms with Gasteiger partial charge in [0.15, 0.2) is 0 Å². The smallest absolute Gasteiger partial charge is 0.119 e. The van der Waals surface area contributed by atoms with Crippen LogP contribution in [-0.2, 0) is 4.74 Å². The first kappa shape index (κ1) is 51.1. The highest BCUT2D eigenvalue weighted by molar-refractivity contribution is 5.69. The van der Waals surface area contributed by atoms with Crippen LogP contribution in [-0.4, -0.2) is 26.4 Å². The Morgan fingerprint density at radius 2 is 0.738 bits per heavy atom. The molecule has 344 valence electrons. The molecule has 2 fully saturated rings. The summed E-state index contributed by atoms with van der Waals surface area (Å²) in [7, 11) is 0. The van der Waals surface area contributed by atoms with Gasteiger partial charge in [0.2, 0.25) is 0 Å². The SMILES string of the molecule is CCCCCCCCCOc1ccc(C(=CCOCC=C(c2ccc(OCCCCCCCCC)cc2)[C@H]2CC[C@H](CCCCC)CC2)[C@H]2CC[C@H](CCCCC)CC2)cc1. The molecule has 0 spiro atoms. The lowest BCUT2D eigenvalue weighted by molar-refractivity contribution is 0.193. The van der Waals surface area contributed by atoms with Crippen LogP contribution in [0.3, 0.4) is 0 Å². The van der Waals surface area contributed by atoms with E-state index in [0.29, 0.717) is 25.0 Å². The zero-order valence-corrected chi connectivity index (χ0v) is 40.3. The Hall–Kier alpha value is -2.52. The van der Waals surface area contributed by atoms with Gasteiger partial charge >= 0.3 is 0 Å². The van der Waals surface area contributed by atoms with E-state index in [4.69, 9.17) is 14.2 Å². The number of allylic oxidation sites excluding steroid dienone is 2. The molecule has 0 aliphatic heterocycles. The highest BCUT2D eigenvalue weighted by atomic mass is 16.5. The number of hydrogen-bond donors (Lipinski definition) is 0. The Kier molecular flexibility index (Phi) is 27.7. The third-order valence-electron chi connectivity index (χ3n) is 14.3. The molecule has 61 heavy (non-hydrogen) atoms. The second-order valence-electron chi connectivity index (χ2n) is 19.3. The lowest BCUT2D eigenvalue weighted by atomic mass is 9.75. The highest BCUT2D eigenvalue weighted by Gasteiger charge is 2.26. The first-order valence-electron chi connectivity index (χ1n) is 26.6. The van der Waals surface area contributed by atoms with Gasteiger partial charge in [-0.25, -0.2) is 0 Å². The van der Waals surface area contributed by atoms with Gasteiger partial charge in [-0.15, -0.1) is 0 Å². The monoisotopic (exact) mass is 839 g/mol. The molecule has 2 aromatic carbocycles. The van der Waals surface area contributed by atoms with Crippen molar-refractivity contribution < 1.29 is 14.2 Å². The summed E-state index contributed by atoms with van der Waals surface area (Å²) < 4.78 is 19.0. The number of benzene rings is 2. The molecule has 4 rings (SSSR count). The van der Waals surface area contributed by atoms with Gasteiger partial charge in [0.05, 0.1) is 26.4 Å². The molecule has 2 saturated carbocycles. The molecule has 0 heterocycles. The van der Waals surface area contributed by atoms with Crippen LogP contribution in [0.15, 0.2) is 60.7 Å². The van der Waals surface area contributed by atoms with Gasteiger partial charge in [0.1, 0.15) is 11.5 Å². The quantitative estimate of drug-likeness (QED) is 0.0657. The highest BCUT2D eigenvalue weighted by Crippen LogP contribution is 2.41. The lowest BCUT2D eigenvalue weighted by Crippen LogP contribution is -2.17. The fourth-order valence-corrected chi connectivity index (χ4v) is 10.3. The van der Waals surface area contributed by atoms with E-state index in [9.17, 15) is 0 Å². The van der Waals surface area contributed by atoms with Crippen molar-refractivity contribution in [2.24, 2.45) is 23.7 Å². The first-order chi connectivity index (χ1) is 30.1. The Morgan fingerprint density at radius 1 is 0.410 bits per heavy atom. The van der Waals surface area contributed by atoms with Crippen LogP contribution in [0.25, 0.3) is 11.1 Å². The summed E-state index contributed by atoms with van der Waals surface area (Å²) in [5, 5.41) is 0. The topological polar surface area (TPSA) is 27.7 Å². The summed E-state index contributed by atoms with van der Waals surface area (Å²) in [6.07, 6.45) is 44.9. The van der Waals surface area contributed by atoms with Crippen molar-refractivity contribution in [3.8, 4) is 11.5 Å². The van der Waals surface area contributed by atoms with Crippen LogP contribution in [0, 0.1) is 23.7 Å². The van der Waals surface area contributed by atoms with Crippen LogP contribution in [0.5, 0.6) is 11.5 Å². The molecule has 0 amide bonds. The average Bonchev–Trinajstić information content (AvgIpc) is 3.29. The van der Waals surface area contributed by atoms with E-state index in [0.717, 1.165) is 49.4 Å². The predicted octanol–water partition coefficient (Wildman–Crippen LogP) is 18.2. The van der Waals surface area contributed by atoms with Crippen LogP contribution >= 0.6 is 0 Å². The molecule has 2 aliphatic rings. The van der Waals surface area contributed by atoms with Crippen molar-refractivity contribution in [1.29, 1.82) is 0 Å². The van der Waals surface area contributed by atoms with Crippen molar-refractivity contribution in [1.82, 2.24) is 0 Å². The Labute approximate surface area is 377 Å². The second-order valence-corrected chi connectivity index (χ2v) is 19.3. The summed E-state index contributed by atoms with van der Waals surface area (Å²) >= 11 is 0. The van der Waals surface area contributed by atoms with Crippen LogP contribution in [0.1, 0.15) is 231 Å². The van der Waals surface area contributed by atoms with Gasteiger partial charge in [0.25, 0.3) is 0 Å². The van der Waals surface area contributed by atoms with E-state index in [-0.39, 0.29) is 0 Å². The minimum Gasteiger partial charge on any atom is -0.494 e. The van der Waals surface area contributed by atoms with Crippen molar-refractivity contribution in [2.45, 2.75) is 220 Å². The molecule has 3 nitrogen and oxygen atoms in total. The van der Waals surface area contributed by atoms with Crippen molar-refractivity contribution in [3.05, 3.63) is 71.8 Å². The van der Waals surface area contributed by atoms with E-state index < -0.39 is 0 Å². The van der Waals surface area contributed by atoms with Crippen molar-refractivity contribution in [3.63, 3.8) is 0 Å². The van der Waals surface area contributed by atoms with Crippen molar-refractivity contribution >= 4 is 11.1 Å². The predicted molar refractivity (Wildman–Crippen MR) is 266 cm³/mol. The molecule has 0 saturated heterocycles. The third-order valence-corrected chi connectivity index (χ3v) is 14.3. The maximum Gasteiger partial charge on any atom is 0.119 e. The summed E-state index contributed by atoms with van der Waals surface area (Å²) in [5.74, 6) is 5.04. The van der Waals surface area contributed by atoms with Gasteiger partial charge in [-0.1, -0.05) is 193 Å². The molecular formula is C58H94O3. The fraction of sp³-hybridized carbons (Fsp3) is 0.724. The van der Waals surface area contributed by atoms with E-state index in [1.807, 2.05) is 0 Å². The third kappa shape index (κ3) is 21.1. The minimum atomic E-state index is 0.607. The van der Waals surface area contributed by atoms with Crippen molar-refractivity contribution in [2.75, 3.05) is 26.4 Å². The first-order valence-corrected chi connectivity index (χ1v) is 26.6. The van der Waals surface area contributed by atoms with Crippen LogP contribution in [0.4, 0.5) is 0 Å². The van der Waals surface area contributed by atoms with E-state index >= 15 is 0 Å². The maximum absolute atomic E-state index is 6.55. The normalized spacial score (nSPS) is 19.9.